The Morgan fingerprint density at radius 1 is 1.20 bits per heavy atom. The van der Waals surface area contributed by atoms with Crippen molar-refractivity contribution in [3.63, 3.8) is 0 Å². The summed E-state index contributed by atoms with van der Waals surface area (Å²) in [5, 5.41) is 0. The maximum absolute atomic E-state index is 13.1. The molecule has 2 aliphatic rings. The molecule has 0 radical (unpaired) electrons. The van der Waals surface area contributed by atoms with Gasteiger partial charge in [0.15, 0.2) is 5.65 Å². The number of piperidine rings is 1. The molecule has 6 heteroatoms. The van der Waals surface area contributed by atoms with E-state index < -0.39 is 0 Å². The fourth-order valence-corrected chi connectivity index (χ4v) is 4.74. The summed E-state index contributed by atoms with van der Waals surface area (Å²) in [6, 6.07) is 4.08. The lowest BCUT2D eigenvalue weighted by Gasteiger charge is -2.44. The van der Waals surface area contributed by atoms with Gasteiger partial charge in [0, 0.05) is 25.3 Å². The highest BCUT2D eigenvalue weighted by molar-refractivity contribution is 5.79. The summed E-state index contributed by atoms with van der Waals surface area (Å²) in [5.41, 5.74) is 1.28. The van der Waals surface area contributed by atoms with E-state index in [2.05, 4.69) is 9.88 Å². The number of amides is 1. The predicted octanol–water partition coefficient (Wildman–Crippen LogP) is 2.40. The molecule has 0 unspecified atom stereocenters. The average molecular weight is 342 g/mol. The van der Waals surface area contributed by atoms with Gasteiger partial charge in [-0.2, -0.15) is 0 Å². The first-order valence-corrected chi connectivity index (χ1v) is 9.54. The summed E-state index contributed by atoms with van der Waals surface area (Å²) in [5.74, 6) is 0.736. The van der Waals surface area contributed by atoms with Crippen LogP contribution in [0.5, 0.6) is 0 Å². The van der Waals surface area contributed by atoms with Crippen LogP contribution in [0.2, 0.25) is 0 Å². The smallest absolute Gasteiger partial charge is 0.330 e. The van der Waals surface area contributed by atoms with E-state index in [1.807, 2.05) is 19.1 Å². The molecule has 1 saturated carbocycles. The van der Waals surface area contributed by atoms with Crippen LogP contribution in [-0.4, -0.2) is 37.5 Å². The summed E-state index contributed by atoms with van der Waals surface area (Å²) >= 11 is 0. The van der Waals surface area contributed by atoms with Crippen LogP contribution in [0.4, 0.5) is 0 Å². The highest BCUT2D eigenvalue weighted by Gasteiger charge is 2.35. The highest BCUT2D eigenvalue weighted by Crippen LogP contribution is 2.35. The molecule has 0 aromatic carbocycles. The first kappa shape index (κ1) is 16.4. The standard InChI is InChI=1S/C19H26N4O2/c1-2-21-18-16(10-5-11-20-18)23(19(21)25)13-17(24)22-12-6-8-14-7-3-4-9-15(14)22/h5,10-11,14-15H,2-4,6-9,12-13H2,1H3/t14-,15+/m0/s1. The van der Waals surface area contributed by atoms with E-state index in [9.17, 15) is 9.59 Å². The lowest BCUT2D eigenvalue weighted by atomic mass is 9.78. The minimum Gasteiger partial charge on any atom is -0.338 e. The molecule has 3 heterocycles. The minimum atomic E-state index is -0.137. The van der Waals surface area contributed by atoms with Crippen molar-refractivity contribution in [2.75, 3.05) is 6.54 Å². The summed E-state index contributed by atoms with van der Waals surface area (Å²) in [7, 11) is 0. The van der Waals surface area contributed by atoms with Crippen LogP contribution in [0.25, 0.3) is 11.2 Å². The van der Waals surface area contributed by atoms with Crippen LogP contribution in [-0.2, 0) is 17.9 Å². The Kier molecular flexibility index (Phi) is 4.36. The quantitative estimate of drug-likeness (QED) is 0.860. The van der Waals surface area contributed by atoms with Gasteiger partial charge in [-0.25, -0.2) is 9.78 Å². The SMILES string of the molecule is CCn1c(=O)n(CC(=O)N2CCC[C@@H]3CCCC[C@H]32)c2cccnc21. The molecule has 1 aliphatic carbocycles. The van der Waals surface area contributed by atoms with Crippen molar-refractivity contribution in [2.45, 2.75) is 64.6 Å². The lowest BCUT2D eigenvalue weighted by Crippen LogP contribution is -2.51. The van der Waals surface area contributed by atoms with Crippen LogP contribution in [0, 0.1) is 5.92 Å². The lowest BCUT2D eigenvalue weighted by molar-refractivity contribution is -0.138. The van der Waals surface area contributed by atoms with Crippen molar-refractivity contribution in [3.05, 3.63) is 28.8 Å². The molecule has 2 aromatic rings. The van der Waals surface area contributed by atoms with Gasteiger partial charge in [0.2, 0.25) is 5.91 Å². The number of aryl methyl sites for hydroxylation is 1. The minimum absolute atomic E-state index is 0.0812. The molecule has 0 bridgehead atoms. The van der Waals surface area contributed by atoms with Gasteiger partial charge in [-0.1, -0.05) is 12.8 Å². The summed E-state index contributed by atoms with van der Waals surface area (Å²) in [4.78, 5) is 32.2. The third-order valence-electron chi connectivity index (χ3n) is 5.95. The van der Waals surface area contributed by atoms with E-state index in [0.717, 1.165) is 24.9 Å². The van der Waals surface area contributed by atoms with Gasteiger partial charge in [0.25, 0.3) is 0 Å². The van der Waals surface area contributed by atoms with Crippen LogP contribution >= 0.6 is 0 Å². The molecule has 4 rings (SSSR count). The third-order valence-corrected chi connectivity index (χ3v) is 5.95. The van der Waals surface area contributed by atoms with Gasteiger partial charge >= 0.3 is 5.69 Å². The maximum atomic E-state index is 13.1. The first-order chi connectivity index (χ1) is 12.2. The van der Waals surface area contributed by atoms with Crippen molar-refractivity contribution < 1.29 is 4.79 Å². The fraction of sp³-hybridized carbons (Fsp3) is 0.632. The Balaban J connectivity index is 1.64. The van der Waals surface area contributed by atoms with Crippen molar-refractivity contribution in [2.24, 2.45) is 5.92 Å². The molecular formula is C19H26N4O2. The zero-order chi connectivity index (χ0) is 17.4. The number of likely N-dealkylation sites (tertiary alicyclic amines) is 1. The third kappa shape index (κ3) is 2.77. The molecule has 1 aliphatic heterocycles. The highest BCUT2D eigenvalue weighted by atomic mass is 16.2. The van der Waals surface area contributed by atoms with Crippen molar-refractivity contribution >= 4 is 17.1 Å². The second kappa shape index (κ2) is 6.65. The zero-order valence-corrected chi connectivity index (χ0v) is 14.9. The van der Waals surface area contributed by atoms with Crippen LogP contribution in [0.15, 0.2) is 23.1 Å². The number of rotatable bonds is 3. The summed E-state index contributed by atoms with van der Waals surface area (Å²) in [6.45, 7) is 3.44. The molecule has 2 aromatic heterocycles. The number of aromatic nitrogens is 3. The number of hydrogen-bond acceptors (Lipinski definition) is 3. The molecule has 6 nitrogen and oxygen atoms in total. The average Bonchev–Trinajstić information content (AvgIpc) is 2.92. The molecule has 1 saturated heterocycles. The van der Waals surface area contributed by atoms with Crippen molar-refractivity contribution in [1.29, 1.82) is 0 Å². The second-order valence-corrected chi connectivity index (χ2v) is 7.30. The Morgan fingerprint density at radius 3 is 2.84 bits per heavy atom. The number of carbonyl (C=O) groups is 1. The van der Waals surface area contributed by atoms with Gasteiger partial charge in [-0.3, -0.25) is 13.9 Å². The number of fused-ring (bicyclic) bond motifs is 2. The molecular weight excluding hydrogens is 316 g/mol. The Hall–Kier alpha value is -2.11. The topological polar surface area (TPSA) is 60.1 Å². The van der Waals surface area contributed by atoms with Crippen LogP contribution in [0.3, 0.4) is 0 Å². The molecule has 1 amide bonds. The number of nitrogens with zero attached hydrogens (tertiary/aromatic N) is 4. The number of pyridine rings is 1. The molecule has 2 fully saturated rings. The van der Waals surface area contributed by atoms with E-state index in [1.54, 1.807) is 15.3 Å². The number of hydrogen-bond donors (Lipinski definition) is 0. The molecule has 0 N–H and O–H groups in total. The predicted molar refractivity (Wildman–Crippen MR) is 96.4 cm³/mol. The maximum Gasteiger partial charge on any atom is 0.330 e. The van der Waals surface area contributed by atoms with Crippen molar-refractivity contribution in [1.82, 2.24) is 19.0 Å². The van der Waals surface area contributed by atoms with Gasteiger partial charge in [-0.15, -0.1) is 0 Å². The Labute approximate surface area is 147 Å². The van der Waals surface area contributed by atoms with Crippen LogP contribution in [0.1, 0.15) is 45.4 Å². The van der Waals surface area contributed by atoms with Gasteiger partial charge in [0.05, 0.1) is 5.52 Å². The Bertz CT molecular complexity index is 836. The summed E-state index contributed by atoms with van der Waals surface area (Å²) < 4.78 is 3.24. The fourth-order valence-electron chi connectivity index (χ4n) is 4.74. The van der Waals surface area contributed by atoms with Crippen molar-refractivity contribution in [3.8, 4) is 0 Å². The largest absolute Gasteiger partial charge is 0.338 e. The Morgan fingerprint density at radius 2 is 2.00 bits per heavy atom. The van der Waals surface area contributed by atoms with Gasteiger partial charge in [-0.05, 0) is 50.7 Å². The number of imidazole rings is 1. The molecule has 25 heavy (non-hydrogen) atoms. The normalized spacial score (nSPS) is 23.6. The van der Waals surface area contributed by atoms with E-state index in [0.29, 0.717) is 24.2 Å². The van der Waals surface area contributed by atoms with Crippen LogP contribution < -0.4 is 5.69 Å². The summed E-state index contributed by atoms with van der Waals surface area (Å²) in [6.07, 6.45) is 8.88. The molecule has 134 valence electrons. The monoisotopic (exact) mass is 342 g/mol. The van der Waals surface area contributed by atoms with E-state index >= 15 is 0 Å². The first-order valence-electron chi connectivity index (χ1n) is 9.54. The molecule has 2 atom stereocenters. The van der Waals surface area contributed by atoms with Gasteiger partial charge in [0.1, 0.15) is 6.54 Å². The zero-order valence-electron chi connectivity index (χ0n) is 14.9. The van der Waals surface area contributed by atoms with E-state index in [1.165, 1.54) is 25.7 Å². The molecule has 0 spiro atoms. The number of carbonyl (C=O) groups excluding carboxylic acids is 1. The van der Waals surface area contributed by atoms with Gasteiger partial charge < -0.3 is 4.90 Å². The van der Waals surface area contributed by atoms with E-state index in [4.69, 9.17) is 0 Å². The van der Waals surface area contributed by atoms with E-state index in [-0.39, 0.29) is 18.1 Å². The second-order valence-electron chi connectivity index (χ2n) is 7.30.